The molecule has 1 heterocycles. The molecule has 0 fully saturated rings. The summed E-state index contributed by atoms with van der Waals surface area (Å²) in [5.74, 6) is -0.947. The molecule has 2 rings (SSSR count). The normalized spacial score (nSPS) is 12.9. The molecule has 0 saturated carbocycles. The monoisotopic (exact) mass is 188 g/mol. The Bertz CT molecular complexity index is 436. The molecule has 0 amide bonds. The van der Waals surface area contributed by atoms with E-state index < -0.39 is 5.97 Å². The van der Waals surface area contributed by atoms with Gasteiger partial charge in [0.05, 0.1) is 5.56 Å². The third-order valence-electron chi connectivity index (χ3n) is 1.94. The van der Waals surface area contributed by atoms with Crippen molar-refractivity contribution in [1.82, 2.24) is 0 Å². The molecule has 1 aromatic carbocycles. The van der Waals surface area contributed by atoms with Crippen LogP contribution >= 0.6 is 0 Å². The standard InChI is InChI=1S/C10H8N2O2/c13-10(14)7-2-1-3-9-8(7)6-11-4-5-12-9/h1-6,12H,(H,13,14). The van der Waals surface area contributed by atoms with Gasteiger partial charge in [0.15, 0.2) is 0 Å². The van der Waals surface area contributed by atoms with Crippen LogP contribution in [0.5, 0.6) is 0 Å². The maximum absolute atomic E-state index is 10.9. The average Bonchev–Trinajstić information content (AvgIpc) is 2.41. The van der Waals surface area contributed by atoms with Crippen molar-refractivity contribution >= 4 is 17.9 Å². The molecule has 1 aliphatic rings. The van der Waals surface area contributed by atoms with Crippen molar-refractivity contribution in [3.05, 3.63) is 41.7 Å². The van der Waals surface area contributed by atoms with E-state index in [0.717, 1.165) is 5.69 Å². The highest BCUT2D eigenvalue weighted by molar-refractivity contribution is 6.02. The molecule has 2 N–H and O–H groups in total. The Labute approximate surface area is 80.6 Å². The first-order chi connectivity index (χ1) is 6.79. The molecule has 0 spiro atoms. The summed E-state index contributed by atoms with van der Waals surface area (Å²) in [4.78, 5) is 14.8. The van der Waals surface area contributed by atoms with Crippen LogP contribution in [0.25, 0.3) is 0 Å². The van der Waals surface area contributed by atoms with Crippen molar-refractivity contribution in [2.24, 2.45) is 4.99 Å². The Morgan fingerprint density at radius 1 is 1.43 bits per heavy atom. The van der Waals surface area contributed by atoms with Gasteiger partial charge in [0.1, 0.15) is 0 Å². The molecule has 0 unspecified atom stereocenters. The van der Waals surface area contributed by atoms with Crippen LogP contribution in [0.3, 0.4) is 0 Å². The highest BCUT2D eigenvalue weighted by atomic mass is 16.4. The number of hydrogen-bond acceptors (Lipinski definition) is 3. The zero-order chi connectivity index (χ0) is 9.97. The molecule has 4 heteroatoms. The van der Waals surface area contributed by atoms with Crippen LogP contribution in [0, 0.1) is 0 Å². The Hall–Kier alpha value is -2.10. The van der Waals surface area contributed by atoms with Crippen molar-refractivity contribution in [3.8, 4) is 0 Å². The first-order valence-corrected chi connectivity index (χ1v) is 4.10. The lowest BCUT2D eigenvalue weighted by molar-refractivity contribution is 0.0697. The van der Waals surface area contributed by atoms with Gasteiger partial charge < -0.3 is 10.4 Å². The summed E-state index contributed by atoms with van der Waals surface area (Å²) in [5, 5.41) is 11.9. The third kappa shape index (κ3) is 1.37. The fourth-order valence-corrected chi connectivity index (χ4v) is 1.30. The second-order valence-corrected chi connectivity index (χ2v) is 2.81. The number of nitrogens with one attached hydrogen (secondary N) is 1. The number of anilines is 1. The van der Waals surface area contributed by atoms with Crippen LogP contribution < -0.4 is 5.32 Å². The van der Waals surface area contributed by atoms with Gasteiger partial charge in [0.25, 0.3) is 0 Å². The van der Waals surface area contributed by atoms with E-state index in [9.17, 15) is 4.79 Å². The molecule has 0 saturated heterocycles. The van der Waals surface area contributed by atoms with Gasteiger partial charge in [-0.1, -0.05) is 6.07 Å². The van der Waals surface area contributed by atoms with E-state index in [-0.39, 0.29) is 5.56 Å². The SMILES string of the molecule is O=C(O)c1cccc2c1C=NC=CN2. The van der Waals surface area contributed by atoms with Crippen molar-refractivity contribution in [2.75, 3.05) is 5.32 Å². The van der Waals surface area contributed by atoms with Gasteiger partial charge in [-0.05, 0) is 12.1 Å². The first-order valence-electron chi connectivity index (χ1n) is 4.10. The summed E-state index contributed by atoms with van der Waals surface area (Å²) in [7, 11) is 0. The van der Waals surface area contributed by atoms with E-state index in [1.165, 1.54) is 6.21 Å². The zero-order valence-corrected chi connectivity index (χ0v) is 7.27. The molecule has 70 valence electrons. The second-order valence-electron chi connectivity index (χ2n) is 2.81. The predicted octanol–water partition coefficient (Wildman–Crippen LogP) is 1.70. The van der Waals surface area contributed by atoms with Gasteiger partial charge in [-0.25, -0.2) is 4.79 Å². The van der Waals surface area contributed by atoms with E-state index in [2.05, 4.69) is 10.3 Å². The van der Waals surface area contributed by atoms with Gasteiger partial charge in [-0.2, -0.15) is 0 Å². The Morgan fingerprint density at radius 3 is 3.07 bits per heavy atom. The average molecular weight is 188 g/mol. The molecule has 0 aliphatic carbocycles. The molecule has 0 aromatic heterocycles. The number of fused-ring (bicyclic) bond motifs is 1. The lowest BCUT2D eigenvalue weighted by Gasteiger charge is -2.06. The number of benzene rings is 1. The number of carboxylic acid groups (broad SMARTS) is 1. The van der Waals surface area contributed by atoms with E-state index >= 15 is 0 Å². The minimum atomic E-state index is -0.947. The molecule has 14 heavy (non-hydrogen) atoms. The smallest absolute Gasteiger partial charge is 0.336 e. The van der Waals surface area contributed by atoms with E-state index in [0.29, 0.717) is 5.56 Å². The molecule has 4 nitrogen and oxygen atoms in total. The van der Waals surface area contributed by atoms with Crippen LogP contribution in [0.4, 0.5) is 5.69 Å². The largest absolute Gasteiger partial charge is 0.478 e. The molecule has 0 atom stereocenters. The number of aliphatic imine (C=N–C) groups is 1. The third-order valence-corrected chi connectivity index (χ3v) is 1.94. The van der Waals surface area contributed by atoms with E-state index in [4.69, 9.17) is 5.11 Å². The molecular formula is C10H8N2O2. The van der Waals surface area contributed by atoms with Gasteiger partial charge >= 0.3 is 5.97 Å². The van der Waals surface area contributed by atoms with Gasteiger partial charge in [-0.15, -0.1) is 0 Å². The quantitative estimate of drug-likeness (QED) is 0.705. The van der Waals surface area contributed by atoms with Crippen LogP contribution in [-0.4, -0.2) is 17.3 Å². The topological polar surface area (TPSA) is 61.7 Å². The molecular weight excluding hydrogens is 180 g/mol. The van der Waals surface area contributed by atoms with E-state index in [1.54, 1.807) is 24.5 Å². The fourth-order valence-electron chi connectivity index (χ4n) is 1.30. The summed E-state index contributed by atoms with van der Waals surface area (Å²) in [6, 6.07) is 5.06. The number of aromatic carboxylic acids is 1. The van der Waals surface area contributed by atoms with Crippen LogP contribution in [0.1, 0.15) is 15.9 Å². The van der Waals surface area contributed by atoms with Crippen LogP contribution in [0.15, 0.2) is 35.6 Å². The Kier molecular flexibility index (Phi) is 2.02. The van der Waals surface area contributed by atoms with E-state index in [1.807, 2.05) is 6.07 Å². The summed E-state index contributed by atoms with van der Waals surface area (Å²) in [5.41, 5.74) is 1.61. The number of rotatable bonds is 1. The van der Waals surface area contributed by atoms with Crippen molar-refractivity contribution < 1.29 is 9.90 Å². The van der Waals surface area contributed by atoms with Crippen LogP contribution in [0.2, 0.25) is 0 Å². The maximum atomic E-state index is 10.9. The van der Waals surface area contributed by atoms with Gasteiger partial charge in [-0.3, -0.25) is 4.99 Å². The summed E-state index contributed by atoms with van der Waals surface area (Å²) in [6.45, 7) is 0. The van der Waals surface area contributed by atoms with Crippen LogP contribution in [-0.2, 0) is 0 Å². The molecule has 1 aromatic rings. The Balaban J connectivity index is 2.61. The van der Waals surface area contributed by atoms with Crippen molar-refractivity contribution in [3.63, 3.8) is 0 Å². The fraction of sp³-hybridized carbons (Fsp3) is 0. The summed E-state index contributed by atoms with van der Waals surface area (Å²) < 4.78 is 0. The highest BCUT2D eigenvalue weighted by Crippen LogP contribution is 2.19. The zero-order valence-electron chi connectivity index (χ0n) is 7.27. The Morgan fingerprint density at radius 2 is 2.29 bits per heavy atom. The molecule has 1 aliphatic heterocycles. The summed E-state index contributed by atoms with van der Waals surface area (Å²) in [6.07, 6.45) is 4.77. The molecule has 0 bridgehead atoms. The number of nitrogens with zero attached hydrogens (tertiary/aromatic N) is 1. The number of hydrogen-bond donors (Lipinski definition) is 2. The van der Waals surface area contributed by atoms with Crippen molar-refractivity contribution in [1.29, 1.82) is 0 Å². The van der Waals surface area contributed by atoms with Gasteiger partial charge in [0.2, 0.25) is 0 Å². The minimum Gasteiger partial charge on any atom is -0.478 e. The maximum Gasteiger partial charge on any atom is 0.336 e. The second kappa shape index (κ2) is 3.33. The van der Waals surface area contributed by atoms with Gasteiger partial charge in [0, 0.05) is 29.9 Å². The first kappa shape index (κ1) is 8.50. The number of carbonyl (C=O) groups is 1. The lowest BCUT2D eigenvalue weighted by Crippen LogP contribution is -2.04. The number of carboxylic acids is 1. The summed E-state index contributed by atoms with van der Waals surface area (Å²) >= 11 is 0. The van der Waals surface area contributed by atoms with Crippen molar-refractivity contribution in [2.45, 2.75) is 0 Å². The lowest BCUT2D eigenvalue weighted by atomic mass is 10.1. The predicted molar refractivity (Wildman–Crippen MR) is 53.8 cm³/mol. The minimum absolute atomic E-state index is 0.252. The highest BCUT2D eigenvalue weighted by Gasteiger charge is 2.12. The molecule has 0 radical (unpaired) electrons.